The van der Waals surface area contributed by atoms with Crippen LogP contribution in [0.25, 0.3) is 0 Å². The summed E-state index contributed by atoms with van der Waals surface area (Å²) in [6.45, 7) is 10.2. The summed E-state index contributed by atoms with van der Waals surface area (Å²) >= 11 is 0. The van der Waals surface area contributed by atoms with E-state index in [0.29, 0.717) is 6.10 Å². The summed E-state index contributed by atoms with van der Waals surface area (Å²) in [7, 11) is -1.39. The van der Waals surface area contributed by atoms with Crippen molar-refractivity contribution in [3.05, 3.63) is 0 Å². The van der Waals surface area contributed by atoms with Crippen molar-refractivity contribution < 1.29 is 13.9 Å². The van der Waals surface area contributed by atoms with E-state index in [2.05, 4.69) is 20.0 Å². The van der Waals surface area contributed by atoms with Gasteiger partial charge in [0.2, 0.25) is 0 Å². The fourth-order valence-corrected chi connectivity index (χ4v) is 3.42. The Kier molecular flexibility index (Phi) is 4.57. The van der Waals surface area contributed by atoms with Crippen LogP contribution in [0.4, 0.5) is 0 Å². The van der Waals surface area contributed by atoms with E-state index in [4.69, 9.17) is 13.9 Å². The van der Waals surface area contributed by atoms with E-state index >= 15 is 0 Å². The molecule has 0 radical (unpaired) electrons. The third-order valence-electron chi connectivity index (χ3n) is 2.40. The third kappa shape index (κ3) is 4.55. The van der Waals surface area contributed by atoms with Crippen LogP contribution in [0.3, 0.4) is 0 Å². The minimum absolute atomic E-state index is 0.0758. The highest BCUT2D eigenvalue weighted by Crippen LogP contribution is 2.22. The normalized spacial score (nSPS) is 26.6. The molecule has 1 rings (SSSR count). The largest absolute Gasteiger partial charge is 0.418 e. The summed E-state index contributed by atoms with van der Waals surface area (Å²) in [5, 5.41) is 0. The molecule has 1 aliphatic heterocycles. The Morgan fingerprint density at radius 2 is 2.00 bits per heavy atom. The predicted octanol–water partition coefficient (Wildman–Crippen LogP) is 2.38. The van der Waals surface area contributed by atoms with E-state index in [1.54, 1.807) is 0 Å². The van der Waals surface area contributed by atoms with E-state index in [1.807, 2.05) is 6.92 Å². The summed E-state index contributed by atoms with van der Waals surface area (Å²) in [5.41, 5.74) is 0. The maximum atomic E-state index is 5.73. The first-order chi connectivity index (χ1) is 6.55. The van der Waals surface area contributed by atoms with Gasteiger partial charge in [-0.1, -0.05) is 0 Å². The van der Waals surface area contributed by atoms with E-state index in [-0.39, 0.29) is 6.29 Å². The average molecular weight is 218 g/mol. The minimum Gasteiger partial charge on any atom is -0.418 e. The third-order valence-corrected chi connectivity index (χ3v) is 5.02. The van der Waals surface area contributed by atoms with Gasteiger partial charge in [-0.25, -0.2) is 0 Å². The van der Waals surface area contributed by atoms with Crippen LogP contribution in [-0.2, 0) is 13.9 Å². The van der Waals surface area contributed by atoms with Gasteiger partial charge in [0.25, 0.3) is 0 Å². The zero-order valence-corrected chi connectivity index (χ0v) is 10.7. The summed E-state index contributed by atoms with van der Waals surface area (Å²) in [4.78, 5) is 0. The monoisotopic (exact) mass is 218 g/mol. The SMILES string of the molecule is CCO[Si](C)(C)CCCOC1OC1C. The van der Waals surface area contributed by atoms with Crippen LogP contribution in [0.5, 0.6) is 0 Å². The van der Waals surface area contributed by atoms with Gasteiger partial charge in [-0.15, -0.1) is 0 Å². The molecule has 0 aromatic rings. The first kappa shape index (κ1) is 12.2. The van der Waals surface area contributed by atoms with Crippen molar-refractivity contribution in [2.45, 2.75) is 51.8 Å². The van der Waals surface area contributed by atoms with Crippen LogP contribution in [0, 0.1) is 0 Å². The number of rotatable bonds is 7. The zero-order valence-electron chi connectivity index (χ0n) is 9.71. The predicted molar refractivity (Wildman–Crippen MR) is 58.8 cm³/mol. The van der Waals surface area contributed by atoms with Crippen molar-refractivity contribution in [2.24, 2.45) is 0 Å². The molecule has 0 saturated carbocycles. The molecule has 1 fully saturated rings. The van der Waals surface area contributed by atoms with E-state index in [0.717, 1.165) is 19.6 Å². The molecule has 0 N–H and O–H groups in total. The highest BCUT2D eigenvalue weighted by Gasteiger charge is 2.35. The Bertz CT molecular complexity index is 173. The van der Waals surface area contributed by atoms with Gasteiger partial charge in [-0.05, 0) is 39.4 Å². The van der Waals surface area contributed by atoms with Crippen LogP contribution in [0.15, 0.2) is 0 Å². The molecular weight excluding hydrogens is 196 g/mol. The van der Waals surface area contributed by atoms with Gasteiger partial charge in [0.1, 0.15) is 6.10 Å². The summed E-state index contributed by atoms with van der Waals surface area (Å²) in [6.07, 6.45) is 1.48. The van der Waals surface area contributed by atoms with Gasteiger partial charge >= 0.3 is 0 Å². The van der Waals surface area contributed by atoms with E-state index in [9.17, 15) is 0 Å². The molecule has 0 bridgehead atoms. The molecule has 1 heterocycles. The lowest BCUT2D eigenvalue weighted by Crippen LogP contribution is -2.30. The van der Waals surface area contributed by atoms with Gasteiger partial charge in [0, 0.05) is 13.2 Å². The lowest BCUT2D eigenvalue weighted by Gasteiger charge is -2.21. The Morgan fingerprint density at radius 1 is 1.36 bits per heavy atom. The first-order valence-electron chi connectivity index (χ1n) is 5.46. The van der Waals surface area contributed by atoms with Crippen LogP contribution < -0.4 is 0 Å². The second-order valence-corrected chi connectivity index (χ2v) is 8.68. The van der Waals surface area contributed by atoms with Crippen LogP contribution >= 0.6 is 0 Å². The molecule has 0 aliphatic carbocycles. The first-order valence-corrected chi connectivity index (χ1v) is 8.58. The molecule has 0 spiro atoms. The van der Waals surface area contributed by atoms with Crippen molar-refractivity contribution in [1.29, 1.82) is 0 Å². The smallest absolute Gasteiger partial charge is 0.186 e. The van der Waals surface area contributed by atoms with Crippen molar-refractivity contribution >= 4 is 8.32 Å². The Morgan fingerprint density at radius 3 is 2.50 bits per heavy atom. The zero-order chi connectivity index (χ0) is 10.6. The molecule has 4 heteroatoms. The highest BCUT2D eigenvalue weighted by atomic mass is 28.4. The Balaban J connectivity index is 1.97. The molecule has 1 saturated heterocycles. The molecular formula is C10H22O3Si. The number of ether oxygens (including phenoxy) is 2. The van der Waals surface area contributed by atoms with Crippen molar-refractivity contribution in [3.8, 4) is 0 Å². The Labute approximate surface area is 87.9 Å². The van der Waals surface area contributed by atoms with Gasteiger partial charge in [-0.3, -0.25) is 0 Å². The van der Waals surface area contributed by atoms with Crippen LogP contribution in [0.1, 0.15) is 20.3 Å². The number of hydrogen-bond donors (Lipinski definition) is 0. The lowest BCUT2D eigenvalue weighted by atomic mass is 10.5. The molecule has 2 atom stereocenters. The van der Waals surface area contributed by atoms with Crippen LogP contribution in [0.2, 0.25) is 19.1 Å². The molecule has 84 valence electrons. The highest BCUT2D eigenvalue weighted by molar-refractivity contribution is 6.71. The maximum absolute atomic E-state index is 5.73. The number of epoxide rings is 1. The maximum Gasteiger partial charge on any atom is 0.186 e. The molecule has 3 nitrogen and oxygen atoms in total. The molecule has 0 aromatic carbocycles. The van der Waals surface area contributed by atoms with Gasteiger partial charge in [-0.2, -0.15) is 0 Å². The molecule has 0 aromatic heterocycles. The lowest BCUT2D eigenvalue weighted by molar-refractivity contribution is 0.0502. The van der Waals surface area contributed by atoms with Crippen molar-refractivity contribution in [3.63, 3.8) is 0 Å². The minimum atomic E-state index is -1.39. The average Bonchev–Trinajstić information content (AvgIpc) is 2.76. The van der Waals surface area contributed by atoms with Gasteiger partial charge in [0.05, 0.1) is 0 Å². The van der Waals surface area contributed by atoms with E-state index in [1.165, 1.54) is 6.04 Å². The summed E-state index contributed by atoms with van der Waals surface area (Å²) in [5.74, 6) is 0. The fraction of sp³-hybridized carbons (Fsp3) is 1.00. The topological polar surface area (TPSA) is 31.0 Å². The second kappa shape index (κ2) is 5.26. The fourth-order valence-electron chi connectivity index (χ4n) is 1.50. The summed E-state index contributed by atoms with van der Waals surface area (Å²) < 4.78 is 16.4. The molecule has 0 amide bonds. The van der Waals surface area contributed by atoms with E-state index < -0.39 is 8.32 Å². The standard InChI is InChI=1S/C10H22O3Si/c1-5-12-14(3,4)8-6-7-11-10-9(2)13-10/h9-10H,5-8H2,1-4H3. The van der Waals surface area contributed by atoms with Gasteiger partial charge in [0.15, 0.2) is 14.6 Å². The van der Waals surface area contributed by atoms with Crippen molar-refractivity contribution in [1.82, 2.24) is 0 Å². The molecule has 1 aliphatic rings. The second-order valence-electron chi connectivity index (χ2n) is 4.38. The van der Waals surface area contributed by atoms with Gasteiger partial charge < -0.3 is 13.9 Å². The van der Waals surface area contributed by atoms with Crippen molar-refractivity contribution in [2.75, 3.05) is 13.2 Å². The molecule has 14 heavy (non-hydrogen) atoms. The van der Waals surface area contributed by atoms with Crippen LogP contribution in [-0.4, -0.2) is 33.9 Å². The quantitative estimate of drug-likeness (QED) is 0.373. The molecule has 2 unspecified atom stereocenters. The summed E-state index contributed by atoms with van der Waals surface area (Å²) in [6, 6.07) is 1.17. The Hall–Kier alpha value is 0.0969. The number of hydrogen-bond acceptors (Lipinski definition) is 3.